The fraction of sp³-hybridized carbons (Fsp3) is 0.100. The van der Waals surface area contributed by atoms with E-state index in [9.17, 15) is 10.1 Å². The van der Waals surface area contributed by atoms with Gasteiger partial charge in [-0.1, -0.05) is 12.2 Å². The van der Waals surface area contributed by atoms with Crippen LogP contribution in [0.4, 0.5) is 17.3 Å². The number of hydrogen-bond donors (Lipinski definition) is 1. The molecule has 2 N–H and O–H groups in total. The van der Waals surface area contributed by atoms with E-state index < -0.39 is 4.92 Å². The third-order valence-electron chi connectivity index (χ3n) is 2.19. The van der Waals surface area contributed by atoms with Gasteiger partial charge in [0, 0.05) is 18.8 Å². The molecule has 6 nitrogen and oxygen atoms in total. The summed E-state index contributed by atoms with van der Waals surface area (Å²) in [6.45, 7) is 0.681. The van der Waals surface area contributed by atoms with E-state index >= 15 is 0 Å². The maximum Gasteiger partial charge on any atom is 0.311 e. The molecule has 0 bridgehead atoms. The zero-order valence-corrected chi connectivity index (χ0v) is 8.41. The highest BCUT2D eigenvalue weighted by Gasteiger charge is 2.14. The molecule has 16 heavy (non-hydrogen) atoms. The summed E-state index contributed by atoms with van der Waals surface area (Å²) >= 11 is 0. The fourth-order valence-electron chi connectivity index (χ4n) is 1.41. The average Bonchev–Trinajstić information content (AvgIpc) is 2.29. The molecule has 0 unspecified atom stereocenters. The lowest BCUT2D eigenvalue weighted by atomic mass is 10.3. The monoisotopic (exact) mass is 218 g/mol. The zero-order valence-electron chi connectivity index (χ0n) is 8.41. The number of nitro groups is 1. The molecular formula is C10H10N4O2. The Morgan fingerprint density at radius 2 is 2.25 bits per heavy atom. The Hall–Kier alpha value is -2.37. The SMILES string of the molecule is Nc1nc(N2C=CC=CC2)ccc1[N+](=O)[O-]. The van der Waals surface area contributed by atoms with E-state index in [2.05, 4.69) is 4.98 Å². The minimum atomic E-state index is -0.544. The van der Waals surface area contributed by atoms with Crippen molar-refractivity contribution < 1.29 is 4.92 Å². The first-order chi connectivity index (χ1) is 7.68. The standard InChI is InChI=1S/C10H10N4O2/c11-10-8(14(15)16)4-5-9(12-10)13-6-2-1-3-7-13/h1-6H,7H2,(H2,11,12). The van der Waals surface area contributed by atoms with E-state index in [1.165, 1.54) is 6.07 Å². The summed E-state index contributed by atoms with van der Waals surface area (Å²) in [5.74, 6) is 0.536. The van der Waals surface area contributed by atoms with Crippen molar-refractivity contribution in [3.05, 3.63) is 46.7 Å². The van der Waals surface area contributed by atoms with Crippen molar-refractivity contribution in [2.45, 2.75) is 0 Å². The lowest BCUT2D eigenvalue weighted by Gasteiger charge is -2.19. The predicted molar refractivity (Wildman–Crippen MR) is 60.9 cm³/mol. The van der Waals surface area contributed by atoms with Crippen molar-refractivity contribution in [2.24, 2.45) is 0 Å². The molecule has 1 aromatic heterocycles. The van der Waals surface area contributed by atoms with Gasteiger partial charge >= 0.3 is 5.69 Å². The molecule has 0 fully saturated rings. The second-order valence-corrected chi connectivity index (χ2v) is 3.25. The van der Waals surface area contributed by atoms with Gasteiger partial charge in [-0.05, 0) is 12.1 Å². The van der Waals surface area contributed by atoms with E-state index in [4.69, 9.17) is 5.73 Å². The zero-order chi connectivity index (χ0) is 11.5. The van der Waals surface area contributed by atoms with Crippen molar-refractivity contribution >= 4 is 17.3 Å². The Morgan fingerprint density at radius 1 is 1.44 bits per heavy atom. The molecule has 82 valence electrons. The second kappa shape index (κ2) is 4.01. The van der Waals surface area contributed by atoms with Gasteiger partial charge in [0.15, 0.2) is 0 Å². The Balaban J connectivity index is 2.31. The average molecular weight is 218 g/mol. The molecule has 1 aliphatic heterocycles. The van der Waals surface area contributed by atoms with Crippen LogP contribution in [-0.2, 0) is 0 Å². The molecule has 1 aliphatic rings. The summed E-state index contributed by atoms with van der Waals surface area (Å²) < 4.78 is 0. The van der Waals surface area contributed by atoms with Crippen LogP contribution in [0.15, 0.2) is 36.6 Å². The highest BCUT2D eigenvalue weighted by atomic mass is 16.6. The predicted octanol–water partition coefficient (Wildman–Crippen LogP) is 1.46. The maximum absolute atomic E-state index is 10.6. The largest absolute Gasteiger partial charge is 0.378 e. The highest BCUT2D eigenvalue weighted by molar-refractivity contribution is 5.59. The number of anilines is 2. The van der Waals surface area contributed by atoms with E-state index in [0.717, 1.165) is 0 Å². The molecule has 0 saturated heterocycles. The minimum absolute atomic E-state index is 0.0644. The van der Waals surface area contributed by atoms with Crippen LogP contribution < -0.4 is 10.6 Å². The highest BCUT2D eigenvalue weighted by Crippen LogP contribution is 2.23. The van der Waals surface area contributed by atoms with Crippen LogP contribution in [0.1, 0.15) is 0 Å². The van der Waals surface area contributed by atoms with Crippen LogP contribution in [0.25, 0.3) is 0 Å². The molecule has 1 aromatic rings. The number of pyridine rings is 1. The normalized spacial score (nSPS) is 14.1. The molecule has 0 atom stereocenters. The van der Waals surface area contributed by atoms with Gasteiger partial charge in [-0.3, -0.25) is 10.1 Å². The molecule has 2 heterocycles. The van der Waals surface area contributed by atoms with Gasteiger partial charge < -0.3 is 10.6 Å². The number of aromatic nitrogens is 1. The van der Waals surface area contributed by atoms with Gasteiger partial charge in [0.25, 0.3) is 0 Å². The van der Waals surface area contributed by atoms with Crippen molar-refractivity contribution in [1.82, 2.24) is 4.98 Å². The number of rotatable bonds is 2. The smallest absolute Gasteiger partial charge is 0.311 e. The molecule has 0 radical (unpaired) electrons. The van der Waals surface area contributed by atoms with Crippen molar-refractivity contribution in [1.29, 1.82) is 0 Å². The molecule has 2 rings (SSSR count). The molecular weight excluding hydrogens is 208 g/mol. The van der Waals surface area contributed by atoms with Crippen LogP contribution >= 0.6 is 0 Å². The first-order valence-electron chi connectivity index (χ1n) is 4.69. The summed E-state index contributed by atoms with van der Waals surface area (Å²) in [6, 6.07) is 2.95. The summed E-state index contributed by atoms with van der Waals surface area (Å²) in [6.07, 6.45) is 7.58. The summed E-state index contributed by atoms with van der Waals surface area (Å²) in [4.78, 5) is 15.9. The van der Waals surface area contributed by atoms with E-state index in [1.807, 2.05) is 29.3 Å². The van der Waals surface area contributed by atoms with E-state index in [1.54, 1.807) is 6.07 Å². The van der Waals surface area contributed by atoms with Crippen molar-refractivity contribution in [3.63, 3.8) is 0 Å². The Kier molecular flexibility index (Phi) is 2.55. The number of nitrogens with zero attached hydrogens (tertiary/aromatic N) is 3. The first kappa shape index (κ1) is 10.2. The van der Waals surface area contributed by atoms with Crippen LogP contribution in [0.3, 0.4) is 0 Å². The van der Waals surface area contributed by atoms with Gasteiger partial charge in [-0.25, -0.2) is 4.98 Å². The van der Waals surface area contributed by atoms with Crippen LogP contribution in [0, 0.1) is 10.1 Å². The lowest BCUT2D eigenvalue weighted by molar-refractivity contribution is -0.384. The topological polar surface area (TPSA) is 85.3 Å². The third kappa shape index (κ3) is 1.85. The van der Waals surface area contributed by atoms with Crippen LogP contribution in [-0.4, -0.2) is 16.5 Å². The van der Waals surface area contributed by atoms with Gasteiger partial charge in [-0.15, -0.1) is 0 Å². The van der Waals surface area contributed by atoms with Crippen molar-refractivity contribution in [3.8, 4) is 0 Å². The molecule has 0 amide bonds. The number of hydrogen-bond acceptors (Lipinski definition) is 5. The van der Waals surface area contributed by atoms with Crippen LogP contribution in [0.5, 0.6) is 0 Å². The second-order valence-electron chi connectivity index (χ2n) is 3.25. The molecule has 0 aromatic carbocycles. The molecule has 0 spiro atoms. The quantitative estimate of drug-likeness (QED) is 0.600. The summed E-state index contributed by atoms with van der Waals surface area (Å²) in [7, 11) is 0. The van der Waals surface area contributed by atoms with Gasteiger partial charge in [0.05, 0.1) is 4.92 Å². The van der Waals surface area contributed by atoms with Gasteiger partial charge in [-0.2, -0.15) is 0 Å². The Bertz CT molecular complexity index is 482. The number of allylic oxidation sites excluding steroid dienone is 2. The van der Waals surface area contributed by atoms with Gasteiger partial charge in [0.2, 0.25) is 5.82 Å². The summed E-state index contributed by atoms with van der Waals surface area (Å²) in [5.41, 5.74) is 5.34. The molecule has 0 aliphatic carbocycles. The van der Waals surface area contributed by atoms with Crippen molar-refractivity contribution in [2.75, 3.05) is 17.2 Å². The number of nitrogens with two attached hydrogens (primary N) is 1. The maximum atomic E-state index is 10.6. The third-order valence-corrected chi connectivity index (χ3v) is 2.19. The summed E-state index contributed by atoms with van der Waals surface area (Å²) in [5, 5.41) is 10.6. The number of nitrogen functional groups attached to an aromatic ring is 1. The molecule has 6 heteroatoms. The lowest BCUT2D eigenvalue weighted by Crippen LogP contribution is -2.19. The minimum Gasteiger partial charge on any atom is -0.378 e. The Labute approximate surface area is 91.8 Å². The fourth-order valence-corrected chi connectivity index (χ4v) is 1.41. The molecule has 0 saturated carbocycles. The van der Waals surface area contributed by atoms with E-state index in [-0.39, 0.29) is 11.5 Å². The first-order valence-corrected chi connectivity index (χ1v) is 4.69. The van der Waals surface area contributed by atoms with Crippen LogP contribution in [0.2, 0.25) is 0 Å². The van der Waals surface area contributed by atoms with E-state index in [0.29, 0.717) is 12.4 Å². The van der Waals surface area contributed by atoms with Gasteiger partial charge in [0.1, 0.15) is 5.82 Å². The Morgan fingerprint density at radius 3 is 2.81 bits per heavy atom.